The molecule has 78 valence electrons. The smallest absolute Gasteiger partial charge is 0.281 e. The highest BCUT2D eigenvalue weighted by Gasteiger charge is 2.07. The molecule has 2 rings (SSSR count). The van der Waals surface area contributed by atoms with E-state index in [1.54, 1.807) is 6.20 Å². The van der Waals surface area contributed by atoms with E-state index in [-0.39, 0.29) is 6.03 Å². The lowest BCUT2D eigenvalue weighted by Crippen LogP contribution is -2.17. The number of nitrogens with zero attached hydrogens (tertiary/aromatic N) is 4. The van der Waals surface area contributed by atoms with Crippen LogP contribution >= 0.6 is 11.3 Å². The third kappa shape index (κ3) is 2.18. The van der Waals surface area contributed by atoms with Gasteiger partial charge in [0.25, 0.3) is 0 Å². The molecule has 1 N–H and O–H groups in total. The van der Waals surface area contributed by atoms with E-state index in [4.69, 9.17) is 0 Å². The van der Waals surface area contributed by atoms with E-state index in [9.17, 15) is 4.79 Å². The molecule has 0 unspecified atom stereocenters. The number of aromatic nitrogens is 4. The minimum atomic E-state index is -0.286. The molecule has 0 saturated carbocycles. The van der Waals surface area contributed by atoms with Crippen LogP contribution in [-0.2, 0) is 6.42 Å². The summed E-state index contributed by atoms with van der Waals surface area (Å²) < 4.78 is 1.34. The van der Waals surface area contributed by atoms with Gasteiger partial charge in [0, 0.05) is 12.4 Å². The first-order chi connectivity index (χ1) is 7.29. The average Bonchev–Trinajstić information content (AvgIpc) is 2.87. The Morgan fingerprint density at radius 3 is 3.07 bits per heavy atom. The van der Waals surface area contributed by atoms with Crippen LogP contribution in [0.25, 0.3) is 0 Å². The quantitative estimate of drug-likeness (QED) is 0.834. The molecule has 0 aliphatic heterocycles. The number of anilines is 1. The number of carbonyl (C=O) groups excluding carboxylic acids is 1. The molecular weight excluding hydrogens is 214 g/mol. The molecule has 0 atom stereocenters. The maximum Gasteiger partial charge on any atom is 0.333 e. The van der Waals surface area contributed by atoms with Gasteiger partial charge in [-0.05, 0) is 6.42 Å². The van der Waals surface area contributed by atoms with E-state index in [0.29, 0.717) is 5.13 Å². The van der Waals surface area contributed by atoms with E-state index in [0.717, 1.165) is 11.4 Å². The molecule has 0 radical (unpaired) electrons. The SMILES string of the molecule is CCc1nnc(NC(=O)n2ccnc2)s1. The molecule has 0 aromatic carbocycles. The maximum absolute atomic E-state index is 11.5. The van der Waals surface area contributed by atoms with Gasteiger partial charge >= 0.3 is 6.03 Å². The fourth-order valence-corrected chi connectivity index (χ4v) is 1.65. The van der Waals surface area contributed by atoms with E-state index in [1.165, 1.54) is 28.4 Å². The van der Waals surface area contributed by atoms with Crippen molar-refractivity contribution in [1.29, 1.82) is 0 Å². The zero-order valence-corrected chi connectivity index (χ0v) is 8.86. The highest BCUT2D eigenvalue weighted by molar-refractivity contribution is 7.15. The van der Waals surface area contributed by atoms with E-state index >= 15 is 0 Å². The Bertz CT molecular complexity index is 449. The summed E-state index contributed by atoms with van der Waals surface area (Å²) in [6.07, 6.45) is 5.35. The van der Waals surface area contributed by atoms with E-state index < -0.39 is 0 Å². The van der Waals surface area contributed by atoms with Crippen LogP contribution < -0.4 is 5.32 Å². The predicted molar refractivity (Wildman–Crippen MR) is 55.9 cm³/mol. The highest BCUT2D eigenvalue weighted by atomic mass is 32.1. The lowest BCUT2D eigenvalue weighted by atomic mass is 10.5. The number of nitrogens with one attached hydrogen (secondary N) is 1. The Labute approximate surface area is 90.0 Å². The number of hydrogen-bond acceptors (Lipinski definition) is 5. The fraction of sp³-hybridized carbons (Fsp3) is 0.250. The first-order valence-electron chi connectivity index (χ1n) is 4.41. The predicted octanol–water partition coefficient (Wildman–Crippen LogP) is 1.38. The summed E-state index contributed by atoms with van der Waals surface area (Å²) in [5.74, 6) is 0. The molecule has 0 saturated heterocycles. The minimum Gasteiger partial charge on any atom is -0.281 e. The summed E-state index contributed by atoms with van der Waals surface area (Å²) in [5, 5.41) is 11.8. The summed E-state index contributed by atoms with van der Waals surface area (Å²) in [7, 11) is 0. The molecule has 0 spiro atoms. The molecule has 1 amide bonds. The van der Waals surface area contributed by atoms with Gasteiger partial charge in [0.05, 0.1) is 0 Å². The number of aryl methyl sites for hydroxylation is 1. The van der Waals surface area contributed by atoms with Gasteiger partial charge in [-0.2, -0.15) is 0 Å². The molecule has 6 nitrogen and oxygen atoms in total. The number of carbonyl (C=O) groups is 1. The molecule has 0 fully saturated rings. The second-order valence-corrected chi connectivity index (χ2v) is 3.82. The van der Waals surface area contributed by atoms with Gasteiger partial charge in [-0.1, -0.05) is 18.3 Å². The van der Waals surface area contributed by atoms with Crippen LogP contribution in [0.15, 0.2) is 18.7 Å². The van der Waals surface area contributed by atoms with Crippen LogP contribution in [0, 0.1) is 0 Å². The molecule has 15 heavy (non-hydrogen) atoms. The number of amides is 1. The van der Waals surface area contributed by atoms with Gasteiger partial charge in [0.1, 0.15) is 11.3 Å². The van der Waals surface area contributed by atoms with Crippen LogP contribution in [0.4, 0.5) is 9.93 Å². The monoisotopic (exact) mass is 223 g/mol. The lowest BCUT2D eigenvalue weighted by Gasteiger charge is -1.99. The summed E-state index contributed by atoms with van der Waals surface area (Å²) in [5.41, 5.74) is 0. The molecule has 2 heterocycles. The van der Waals surface area contributed by atoms with Crippen molar-refractivity contribution in [2.24, 2.45) is 0 Å². The third-order valence-electron chi connectivity index (χ3n) is 1.72. The van der Waals surface area contributed by atoms with Crippen molar-refractivity contribution in [2.45, 2.75) is 13.3 Å². The van der Waals surface area contributed by atoms with Crippen molar-refractivity contribution < 1.29 is 4.79 Å². The van der Waals surface area contributed by atoms with Crippen LogP contribution in [0.5, 0.6) is 0 Å². The lowest BCUT2D eigenvalue weighted by molar-refractivity contribution is 0.253. The molecule has 2 aromatic rings. The Hall–Kier alpha value is -1.76. The largest absolute Gasteiger partial charge is 0.333 e. The van der Waals surface area contributed by atoms with E-state index in [1.807, 2.05) is 6.92 Å². The summed E-state index contributed by atoms with van der Waals surface area (Å²) in [4.78, 5) is 15.3. The van der Waals surface area contributed by atoms with Gasteiger partial charge in [0.2, 0.25) is 5.13 Å². The molecule has 0 aliphatic rings. The van der Waals surface area contributed by atoms with Gasteiger partial charge in [-0.3, -0.25) is 9.88 Å². The van der Waals surface area contributed by atoms with Crippen molar-refractivity contribution in [3.8, 4) is 0 Å². The Balaban J connectivity index is 2.06. The number of imidazole rings is 1. The second kappa shape index (κ2) is 4.18. The second-order valence-electron chi connectivity index (χ2n) is 2.75. The van der Waals surface area contributed by atoms with Gasteiger partial charge in [-0.15, -0.1) is 10.2 Å². The Kier molecular flexibility index (Phi) is 2.72. The Morgan fingerprint density at radius 1 is 1.60 bits per heavy atom. The fourth-order valence-electron chi connectivity index (χ4n) is 0.982. The zero-order valence-electron chi connectivity index (χ0n) is 8.04. The molecule has 7 heteroatoms. The highest BCUT2D eigenvalue weighted by Crippen LogP contribution is 2.15. The van der Waals surface area contributed by atoms with Crippen LogP contribution in [0.1, 0.15) is 11.9 Å². The Morgan fingerprint density at radius 2 is 2.47 bits per heavy atom. The van der Waals surface area contributed by atoms with Crippen LogP contribution in [-0.4, -0.2) is 25.8 Å². The summed E-state index contributed by atoms with van der Waals surface area (Å²) >= 11 is 1.37. The van der Waals surface area contributed by atoms with Gasteiger partial charge in [-0.25, -0.2) is 9.78 Å². The first-order valence-corrected chi connectivity index (χ1v) is 5.23. The molecule has 0 bridgehead atoms. The van der Waals surface area contributed by atoms with Gasteiger partial charge < -0.3 is 0 Å². The minimum absolute atomic E-state index is 0.286. The number of hydrogen-bond donors (Lipinski definition) is 1. The normalized spacial score (nSPS) is 10.2. The van der Waals surface area contributed by atoms with Crippen molar-refractivity contribution in [2.75, 3.05) is 5.32 Å². The standard InChI is InChI=1S/C8H9N5OS/c1-2-6-11-12-7(15-6)10-8(14)13-4-3-9-5-13/h3-5H,2H2,1H3,(H,10,12,14). The number of rotatable bonds is 2. The van der Waals surface area contributed by atoms with E-state index in [2.05, 4.69) is 20.5 Å². The van der Waals surface area contributed by atoms with Crippen molar-refractivity contribution in [1.82, 2.24) is 19.7 Å². The summed E-state index contributed by atoms with van der Waals surface area (Å²) in [6.45, 7) is 1.99. The van der Waals surface area contributed by atoms with Gasteiger partial charge in [0.15, 0.2) is 0 Å². The van der Waals surface area contributed by atoms with Crippen molar-refractivity contribution >= 4 is 22.5 Å². The summed E-state index contributed by atoms with van der Waals surface area (Å²) in [6, 6.07) is -0.286. The third-order valence-corrected chi connectivity index (χ3v) is 2.71. The van der Waals surface area contributed by atoms with Crippen molar-refractivity contribution in [3.05, 3.63) is 23.7 Å². The molecule has 0 aliphatic carbocycles. The van der Waals surface area contributed by atoms with Crippen molar-refractivity contribution in [3.63, 3.8) is 0 Å². The van der Waals surface area contributed by atoms with Crippen LogP contribution in [0.2, 0.25) is 0 Å². The molecular formula is C8H9N5OS. The molecule has 2 aromatic heterocycles. The maximum atomic E-state index is 11.5. The average molecular weight is 223 g/mol. The zero-order chi connectivity index (χ0) is 10.7. The van der Waals surface area contributed by atoms with Crippen LogP contribution in [0.3, 0.4) is 0 Å². The topological polar surface area (TPSA) is 72.7 Å². The first kappa shape index (κ1) is 9.78.